The van der Waals surface area contributed by atoms with Crippen molar-refractivity contribution in [2.75, 3.05) is 20.1 Å². The van der Waals surface area contributed by atoms with Crippen molar-refractivity contribution in [3.8, 4) is 0 Å². The summed E-state index contributed by atoms with van der Waals surface area (Å²) in [6, 6.07) is 9.83. The predicted octanol–water partition coefficient (Wildman–Crippen LogP) is 1.45. The molecule has 25 heavy (non-hydrogen) atoms. The van der Waals surface area contributed by atoms with Gasteiger partial charge in [-0.3, -0.25) is 14.5 Å². The van der Waals surface area contributed by atoms with Crippen LogP contribution in [0.4, 0.5) is 0 Å². The fourth-order valence-electron chi connectivity index (χ4n) is 3.12. The van der Waals surface area contributed by atoms with E-state index in [0.717, 1.165) is 24.9 Å². The van der Waals surface area contributed by atoms with Gasteiger partial charge in [-0.2, -0.15) is 4.98 Å². The van der Waals surface area contributed by atoms with Crippen molar-refractivity contribution < 1.29 is 14.1 Å². The van der Waals surface area contributed by atoms with Gasteiger partial charge in [0.25, 0.3) is 11.7 Å². The van der Waals surface area contributed by atoms with E-state index in [1.165, 1.54) is 7.05 Å². The van der Waals surface area contributed by atoms with Gasteiger partial charge in [0, 0.05) is 25.9 Å². The number of rotatable bonds is 6. The summed E-state index contributed by atoms with van der Waals surface area (Å²) in [5, 5.41) is 6.13. The second-order valence-corrected chi connectivity index (χ2v) is 6.29. The molecule has 2 aromatic rings. The first-order valence-corrected chi connectivity index (χ1v) is 8.49. The molecule has 0 bridgehead atoms. The Morgan fingerprint density at radius 1 is 1.32 bits per heavy atom. The third-order valence-corrected chi connectivity index (χ3v) is 4.44. The number of nitrogens with one attached hydrogen (secondary N) is 1. The molecule has 1 amide bonds. The number of amides is 1. The molecule has 1 aliphatic rings. The summed E-state index contributed by atoms with van der Waals surface area (Å²) < 4.78 is 5.13. The van der Waals surface area contributed by atoms with E-state index in [1.807, 2.05) is 30.3 Å². The fraction of sp³-hybridized carbons (Fsp3) is 0.444. The number of ketones is 1. The lowest BCUT2D eigenvalue weighted by atomic mass is 9.90. The largest absolute Gasteiger partial charge is 0.352 e. The molecule has 0 spiro atoms. The molecule has 0 saturated carbocycles. The first kappa shape index (κ1) is 17.3. The number of aromatic nitrogens is 2. The Hall–Kier alpha value is -2.54. The topological polar surface area (TPSA) is 88.3 Å². The zero-order valence-corrected chi connectivity index (χ0v) is 14.3. The Labute approximate surface area is 146 Å². The SMILES string of the molecule is CNC(=O)c1noc(CN2CCC[C@@H](C(=O)Cc3ccccc3)C2)n1. The van der Waals surface area contributed by atoms with Crippen molar-refractivity contribution in [3.63, 3.8) is 0 Å². The van der Waals surface area contributed by atoms with Gasteiger partial charge >= 0.3 is 0 Å². The third-order valence-electron chi connectivity index (χ3n) is 4.44. The minimum absolute atomic E-state index is 0.0234. The minimum Gasteiger partial charge on any atom is -0.352 e. The number of carbonyl (C=O) groups excluding carboxylic acids is 2. The van der Waals surface area contributed by atoms with Gasteiger partial charge in [-0.05, 0) is 24.9 Å². The Balaban J connectivity index is 1.56. The van der Waals surface area contributed by atoms with Gasteiger partial charge in [0.15, 0.2) is 0 Å². The first-order chi connectivity index (χ1) is 12.2. The molecule has 132 valence electrons. The van der Waals surface area contributed by atoms with Gasteiger partial charge in [-0.1, -0.05) is 35.5 Å². The van der Waals surface area contributed by atoms with Crippen LogP contribution >= 0.6 is 0 Å². The minimum atomic E-state index is -0.371. The average Bonchev–Trinajstić information content (AvgIpc) is 3.10. The highest BCUT2D eigenvalue weighted by atomic mass is 16.5. The molecule has 1 fully saturated rings. The highest BCUT2D eigenvalue weighted by molar-refractivity contribution is 5.89. The van der Waals surface area contributed by atoms with Gasteiger partial charge in [-0.25, -0.2) is 0 Å². The van der Waals surface area contributed by atoms with E-state index >= 15 is 0 Å². The van der Waals surface area contributed by atoms with E-state index in [2.05, 4.69) is 20.4 Å². The smallest absolute Gasteiger partial charge is 0.292 e. The van der Waals surface area contributed by atoms with E-state index in [9.17, 15) is 9.59 Å². The molecule has 1 N–H and O–H groups in total. The molecule has 1 aromatic heterocycles. The van der Waals surface area contributed by atoms with Gasteiger partial charge in [0.05, 0.1) is 6.54 Å². The molecule has 7 heteroatoms. The summed E-state index contributed by atoms with van der Waals surface area (Å²) in [6.07, 6.45) is 2.35. The van der Waals surface area contributed by atoms with Crippen molar-refractivity contribution in [1.29, 1.82) is 0 Å². The highest BCUT2D eigenvalue weighted by Gasteiger charge is 2.27. The molecular formula is C18H22N4O3. The monoisotopic (exact) mass is 342 g/mol. The first-order valence-electron chi connectivity index (χ1n) is 8.49. The second kappa shape index (κ2) is 8.02. The van der Waals surface area contributed by atoms with Gasteiger partial charge < -0.3 is 9.84 Å². The van der Waals surface area contributed by atoms with Crippen molar-refractivity contribution in [2.45, 2.75) is 25.8 Å². The average molecular weight is 342 g/mol. The number of piperidine rings is 1. The van der Waals surface area contributed by atoms with Crippen LogP contribution in [0.5, 0.6) is 0 Å². The maximum Gasteiger partial charge on any atom is 0.292 e. The lowest BCUT2D eigenvalue weighted by Crippen LogP contribution is -2.38. The lowest BCUT2D eigenvalue weighted by Gasteiger charge is -2.30. The number of hydrogen-bond acceptors (Lipinski definition) is 6. The van der Waals surface area contributed by atoms with E-state index < -0.39 is 0 Å². The van der Waals surface area contributed by atoms with Crippen LogP contribution in [-0.2, 0) is 17.8 Å². The van der Waals surface area contributed by atoms with Crippen molar-refractivity contribution in [2.24, 2.45) is 5.92 Å². The van der Waals surface area contributed by atoms with Gasteiger partial charge in [-0.15, -0.1) is 0 Å². The van der Waals surface area contributed by atoms with E-state index in [4.69, 9.17) is 4.52 Å². The molecule has 1 aliphatic heterocycles. The summed E-state index contributed by atoms with van der Waals surface area (Å²) in [5.41, 5.74) is 1.05. The molecule has 0 radical (unpaired) electrons. The molecule has 1 saturated heterocycles. The van der Waals surface area contributed by atoms with Crippen LogP contribution in [0, 0.1) is 5.92 Å². The van der Waals surface area contributed by atoms with Crippen molar-refractivity contribution in [1.82, 2.24) is 20.4 Å². The molecule has 0 unspecified atom stereocenters. The lowest BCUT2D eigenvalue weighted by molar-refractivity contribution is -0.124. The maximum atomic E-state index is 12.6. The van der Waals surface area contributed by atoms with Crippen LogP contribution in [0.2, 0.25) is 0 Å². The van der Waals surface area contributed by atoms with E-state index in [-0.39, 0.29) is 23.4 Å². The number of hydrogen-bond donors (Lipinski definition) is 1. The summed E-state index contributed by atoms with van der Waals surface area (Å²) >= 11 is 0. The number of Topliss-reactive ketones (excluding diaryl/α,β-unsaturated/α-hetero) is 1. The summed E-state index contributed by atoms with van der Waals surface area (Å²) in [4.78, 5) is 30.3. The molecule has 3 rings (SSSR count). The maximum absolute atomic E-state index is 12.6. The zero-order chi connectivity index (χ0) is 17.6. The quantitative estimate of drug-likeness (QED) is 0.855. The zero-order valence-electron chi connectivity index (χ0n) is 14.3. The number of nitrogens with zero attached hydrogens (tertiary/aromatic N) is 3. The van der Waals surface area contributed by atoms with Crippen LogP contribution < -0.4 is 5.32 Å². The number of carbonyl (C=O) groups is 2. The summed E-state index contributed by atoms with van der Waals surface area (Å²) in [6.45, 7) is 2.02. The molecule has 7 nitrogen and oxygen atoms in total. The van der Waals surface area contributed by atoms with Crippen LogP contribution in [0.1, 0.15) is 34.9 Å². The van der Waals surface area contributed by atoms with Crippen LogP contribution in [0.15, 0.2) is 34.9 Å². The molecule has 2 heterocycles. The Bertz CT molecular complexity index is 729. The van der Waals surface area contributed by atoms with Gasteiger partial charge in [0.2, 0.25) is 5.89 Å². The molecule has 1 aromatic carbocycles. The number of likely N-dealkylation sites (tertiary alicyclic amines) is 1. The van der Waals surface area contributed by atoms with E-state index in [1.54, 1.807) is 0 Å². The predicted molar refractivity (Wildman–Crippen MR) is 90.8 cm³/mol. The Morgan fingerprint density at radius 3 is 2.88 bits per heavy atom. The molecule has 0 aliphatic carbocycles. The summed E-state index contributed by atoms with van der Waals surface area (Å²) in [7, 11) is 1.52. The molecule has 1 atom stereocenters. The fourth-order valence-corrected chi connectivity index (χ4v) is 3.12. The Morgan fingerprint density at radius 2 is 2.12 bits per heavy atom. The van der Waals surface area contributed by atoms with Crippen LogP contribution in [-0.4, -0.2) is 46.9 Å². The number of benzene rings is 1. The summed E-state index contributed by atoms with van der Waals surface area (Å²) in [5.74, 6) is 0.355. The van der Waals surface area contributed by atoms with Crippen molar-refractivity contribution >= 4 is 11.7 Å². The van der Waals surface area contributed by atoms with Crippen molar-refractivity contribution in [3.05, 3.63) is 47.6 Å². The second-order valence-electron chi connectivity index (χ2n) is 6.29. The Kier molecular flexibility index (Phi) is 5.55. The van der Waals surface area contributed by atoms with Crippen LogP contribution in [0.25, 0.3) is 0 Å². The normalized spacial score (nSPS) is 18.0. The van der Waals surface area contributed by atoms with E-state index in [0.29, 0.717) is 25.4 Å². The highest BCUT2D eigenvalue weighted by Crippen LogP contribution is 2.20. The molecular weight excluding hydrogens is 320 g/mol. The van der Waals surface area contributed by atoms with Crippen LogP contribution in [0.3, 0.4) is 0 Å². The van der Waals surface area contributed by atoms with Gasteiger partial charge in [0.1, 0.15) is 5.78 Å². The standard InChI is InChI=1S/C18H22N4O3/c1-19-18(24)17-20-16(25-21-17)12-22-9-5-8-14(11-22)15(23)10-13-6-3-2-4-7-13/h2-4,6-7,14H,5,8-12H2,1H3,(H,19,24)/t14-/m1/s1. The third kappa shape index (κ3) is 4.51.